The van der Waals surface area contributed by atoms with Crippen LogP contribution in [-0.2, 0) is 14.3 Å². The first kappa shape index (κ1) is 20.6. The van der Waals surface area contributed by atoms with Crippen LogP contribution in [0.25, 0.3) is 0 Å². The van der Waals surface area contributed by atoms with E-state index in [2.05, 4.69) is 6.92 Å². The second-order valence-electron chi connectivity index (χ2n) is 7.46. The summed E-state index contributed by atoms with van der Waals surface area (Å²) in [6.45, 7) is 7.58. The number of carbonyl (C=O) groups is 2. The Morgan fingerprint density at radius 3 is 2.46 bits per heavy atom. The van der Waals surface area contributed by atoms with E-state index < -0.39 is 12.1 Å². The molecule has 0 saturated carbocycles. The average Bonchev–Trinajstić information content (AvgIpc) is 2.67. The van der Waals surface area contributed by atoms with Crippen LogP contribution in [0, 0.1) is 17.8 Å². The molecule has 0 unspecified atom stereocenters. The predicted molar refractivity (Wildman–Crippen MR) is 98.8 cm³/mol. The molecule has 5 nitrogen and oxygen atoms in total. The van der Waals surface area contributed by atoms with Crippen molar-refractivity contribution in [1.82, 2.24) is 0 Å². The van der Waals surface area contributed by atoms with Gasteiger partial charge in [0.2, 0.25) is 0 Å². The monoisotopic (exact) mass is 362 g/mol. The van der Waals surface area contributed by atoms with Gasteiger partial charge in [-0.25, -0.2) is 4.79 Å². The van der Waals surface area contributed by atoms with Crippen molar-refractivity contribution >= 4 is 11.8 Å². The average molecular weight is 362 g/mol. The Bertz CT molecular complexity index is 596. The molecule has 1 aromatic carbocycles. The van der Waals surface area contributed by atoms with Crippen LogP contribution in [0.15, 0.2) is 30.3 Å². The van der Waals surface area contributed by atoms with Crippen LogP contribution in [0.4, 0.5) is 0 Å². The van der Waals surface area contributed by atoms with Gasteiger partial charge in [-0.2, -0.15) is 0 Å². The van der Waals surface area contributed by atoms with Gasteiger partial charge in [-0.15, -0.1) is 0 Å². The first-order valence-electron chi connectivity index (χ1n) is 9.41. The van der Waals surface area contributed by atoms with Gasteiger partial charge in [-0.05, 0) is 37.8 Å². The molecule has 5 heteroatoms. The van der Waals surface area contributed by atoms with Crippen molar-refractivity contribution in [1.29, 1.82) is 0 Å². The van der Waals surface area contributed by atoms with Crippen molar-refractivity contribution in [2.24, 2.45) is 17.8 Å². The molecule has 0 aromatic heterocycles. The molecule has 0 amide bonds. The van der Waals surface area contributed by atoms with Crippen molar-refractivity contribution in [3.05, 3.63) is 35.9 Å². The lowest BCUT2D eigenvalue weighted by atomic mass is 9.82. The molecular weight excluding hydrogens is 332 g/mol. The van der Waals surface area contributed by atoms with Gasteiger partial charge in [0, 0.05) is 18.4 Å². The number of benzene rings is 1. The molecule has 1 aliphatic rings. The van der Waals surface area contributed by atoms with Crippen LogP contribution in [0.5, 0.6) is 0 Å². The Kier molecular flexibility index (Phi) is 7.35. The van der Waals surface area contributed by atoms with E-state index in [1.54, 1.807) is 31.2 Å². The maximum atomic E-state index is 12.7. The van der Waals surface area contributed by atoms with Gasteiger partial charge in [0.15, 0.2) is 11.9 Å². The molecule has 144 valence electrons. The normalized spacial score (nSPS) is 26.6. The fourth-order valence-corrected chi connectivity index (χ4v) is 3.58. The van der Waals surface area contributed by atoms with Crippen LogP contribution in [-0.4, -0.2) is 41.8 Å². The SMILES string of the molecule is C[C@H](C(=O)[C@@H](C)OC(=O)c1ccccc1)[C@@H]1CC[C@H](C)[C@@H]([C@@H](C)CO)O1. The summed E-state index contributed by atoms with van der Waals surface area (Å²) < 4.78 is 11.5. The van der Waals surface area contributed by atoms with Crippen LogP contribution in [0.1, 0.15) is 50.9 Å². The van der Waals surface area contributed by atoms with E-state index in [1.807, 2.05) is 19.9 Å². The van der Waals surface area contributed by atoms with Gasteiger partial charge in [0.25, 0.3) is 0 Å². The third-order valence-electron chi connectivity index (χ3n) is 5.35. The minimum absolute atomic E-state index is 0.0310. The predicted octanol–water partition coefficient (Wildman–Crippen LogP) is 3.25. The van der Waals surface area contributed by atoms with E-state index >= 15 is 0 Å². The fourth-order valence-electron chi connectivity index (χ4n) is 3.58. The molecule has 0 aliphatic carbocycles. The third-order valence-corrected chi connectivity index (χ3v) is 5.35. The largest absolute Gasteiger partial charge is 0.451 e. The molecule has 0 bridgehead atoms. The summed E-state index contributed by atoms with van der Waals surface area (Å²) in [5.41, 5.74) is 0.430. The number of hydrogen-bond donors (Lipinski definition) is 1. The third kappa shape index (κ3) is 4.92. The molecule has 0 radical (unpaired) electrons. The smallest absolute Gasteiger partial charge is 0.338 e. The number of hydrogen-bond acceptors (Lipinski definition) is 5. The van der Waals surface area contributed by atoms with Gasteiger partial charge in [0.1, 0.15) is 0 Å². The van der Waals surface area contributed by atoms with Crippen molar-refractivity contribution in [2.45, 2.75) is 58.8 Å². The fraction of sp³-hybridized carbons (Fsp3) is 0.619. The van der Waals surface area contributed by atoms with E-state index in [0.717, 1.165) is 12.8 Å². The summed E-state index contributed by atoms with van der Waals surface area (Å²) in [4.78, 5) is 24.9. The molecule has 26 heavy (non-hydrogen) atoms. The van der Waals surface area contributed by atoms with Crippen LogP contribution in [0.3, 0.4) is 0 Å². The lowest BCUT2D eigenvalue weighted by molar-refractivity contribution is -0.152. The van der Waals surface area contributed by atoms with E-state index in [1.165, 1.54) is 0 Å². The van der Waals surface area contributed by atoms with Gasteiger partial charge in [-0.3, -0.25) is 4.79 Å². The second-order valence-corrected chi connectivity index (χ2v) is 7.46. The molecule has 1 saturated heterocycles. The molecule has 1 aliphatic heterocycles. The van der Waals surface area contributed by atoms with Crippen molar-refractivity contribution in [3.63, 3.8) is 0 Å². The number of Topliss-reactive ketones (excluding diaryl/α,β-unsaturated/α-hetero) is 1. The second kappa shape index (κ2) is 9.28. The summed E-state index contributed by atoms with van der Waals surface area (Å²) in [5, 5.41) is 9.43. The lowest BCUT2D eigenvalue weighted by Gasteiger charge is -2.40. The zero-order valence-corrected chi connectivity index (χ0v) is 16.1. The Hall–Kier alpha value is -1.72. The zero-order valence-electron chi connectivity index (χ0n) is 16.1. The highest BCUT2D eigenvalue weighted by atomic mass is 16.5. The number of aliphatic hydroxyl groups excluding tert-OH is 1. The Morgan fingerprint density at radius 2 is 1.85 bits per heavy atom. The van der Waals surface area contributed by atoms with Crippen LogP contribution >= 0.6 is 0 Å². The molecule has 1 N–H and O–H groups in total. The Morgan fingerprint density at radius 1 is 1.19 bits per heavy atom. The molecular formula is C21H30O5. The summed E-state index contributed by atoms with van der Waals surface area (Å²) >= 11 is 0. The molecule has 2 rings (SSSR count). The van der Waals surface area contributed by atoms with Gasteiger partial charge in [-0.1, -0.05) is 39.0 Å². The molecule has 0 spiro atoms. The lowest BCUT2D eigenvalue weighted by Crippen LogP contribution is -2.45. The van der Waals surface area contributed by atoms with Crippen molar-refractivity contribution in [3.8, 4) is 0 Å². The first-order chi connectivity index (χ1) is 12.3. The highest BCUT2D eigenvalue weighted by molar-refractivity contribution is 5.93. The summed E-state index contributed by atoms with van der Waals surface area (Å²) in [6.07, 6.45) is 0.651. The number of ether oxygens (including phenoxy) is 2. The maximum Gasteiger partial charge on any atom is 0.338 e. The van der Waals surface area contributed by atoms with Gasteiger partial charge in [0.05, 0.1) is 17.8 Å². The quantitative estimate of drug-likeness (QED) is 0.754. The van der Waals surface area contributed by atoms with E-state index in [4.69, 9.17) is 9.47 Å². The zero-order chi connectivity index (χ0) is 19.3. The molecule has 1 fully saturated rings. The van der Waals surface area contributed by atoms with E-state index in [-0.39, 0.29) is 36.4 Å². The molecule has 6 atom stereocenters. The molecule has 1 heterocycles. The topological polar surface area (TPSA) is 72.8 Å². The summed E-state index contributed by atoms with van der Waals surface area (Å²) in [5.74, 6) is -0.616. The number of ketones is 1. The number of esters is 1. The Balaban J connectivity index is 1.96. The minimum Gasteiger partial charge on any atom is -0.451 e. The van der Waals surface area contributed by atoms with E-state index in [9.17, 15) is 14.7 Å². The van der Waals surface area contributed by atoms with Crippen molar-refractivity contribution in [2.75, 3.05) is 6.61 Å². The number of rotatable bonds is 7. The number of aliphatic hydroxyl groups is 1. The summed E-state index contributed by atoms with van der Waals surface area (Å²) in [6, 6.07) is 8.65. The van der Waals surface area contributed by atoms with Crippen LogP contribution < -0.4 is 0 Å². The highest BCUT2D eigenvalue weighted by Crippen LogP contribution is 2.33. The van der Waals surface area contributed by atoms with Gasteiger partial charge >= 0.3 is 5.97 Å². The number of carbonyl (C=O) groups excluding carboxylic acids is 2. The first-order valence-corrected chi connectivity index (χ1v) is 9.41. The van der Waals surface area contributed by atoms with E-state index in [0.29, 0.717) is 11.5 Å². The standard InChI is InChI=1S/C21H30O5/c1-13-10-11-18(26-20(13)14(2)12-22)15(3)19(23)16(4)25-21(24)17-8-6-5-7-9-17/h5-9,13-16,18,20,22H,10-12H2,1-4H3/t13-,14-,15-,16+,18-,20-/m0/s1. The summed E-state index contributed by atoms with van der Waals surface area (Å²) in [7, 11) is 0. The molecule has 1 aromatic rings. The maximum absolute atomic E-state index is 12.7. The minimum atomic E-state index is -0.825. The van der Waals surface area contributed by atoms with Gasteiger partial charge < -0.3 is 14.6 Å². The Labute approximate surface area is 155 Å². The van der Waals surface area contributed by atoms with Crippen LogP contribution in [0.2, 0.25) is 0 Å². The van der Waals surface area contributed by atoms with Crippen molar-refractivity contribution < 1.29 is 24.2 Å². The highest BCUT2D eigenvalue weighted by Gasteiger charge is 2.38.